The second-order valence-electron chi connectivity index (χ2n) is 6.38. The average molecular weight is 431 g/mol. The van der Waals surface area contributed by atoms with Gasteiger partial charge in [-0.3, -0.25) is 9.69 Å². The smallest absolute Gasteiger partial charge is 0.277 e. The molecule has 0 fully saturated rings. The highest BCUT2D eigenvalue weighted by molar-refractivity contribution is 7.99. The summed E-state index contributed by atoms with van der Waals surface area (Å²) in [6.45, 7) is 7.13. The molecule has 29 heavy (non-hydrogen) atoms. The van der Waals surface area contributed by atoms with Crippen LogP contribution in [0.4, 0.5) is 5.69 Å². The Labute approximate surface area is 179 Å². The van der Waals surface area contributed by atoms with Gasteiger partial charge in [-0.2, -0.15) is 0 Å². The highest BCUT2D eigenvalue weighted by Crippen LogP contribution is 2.24. The Morgan fingerprint density at radius 1 is 1.14 bits per heavy atom. The van der Waals surface area contributed by atoms with Gasteiger partial charge in [-0.05, 0) is 55.1 Å². The summed E-state index contributed by atoms with van der Waals surface area (Å²) >= 11 is 7.09. The van der Waals surface area contributed by atoms with Gasteiger partial charge in [0, 0.05) is 22.8 Å². The van der Waals surface area contributed by atoms with E-state index in [0.717, 1.165) is 30.9 Å². The fourth-order valence-electron chi connectivity index (χ4n) is 2.75. The Morgan fingerprint density at radius 2 is 1.90 bits per heavy atom. The van der Waals surface area contributed by atoms with Crippen LogP contribution in [0.15, 0.2) is 58.2 Å². The second kappa shape index (κ2) is 10.4. The number of halogens is 1. The number of thioether (sulfide) groups is 1. The molecule has 0 aliphatic heterocycles. The molecule has 0 unspecified atom stereocenters. The summed E-state index contributed by atoms with van der Waals surface area (Å²) in [7, 11) is 0. The first-order valence-corrected chi connectivity index (χ1v) is 10.8. The fraction of sp³-hybridized carbons (Fsp3) is 0.286. The first-order valence-electron chi connectivity index (χ1n) is 9.40. The van der Waals surface area contributed by atoms with Crippen LogP contribution in [0.1, 0.15) is 19.4 Å². The van der Waals surface area contributed by atoms with Crippen molar-refractivity contribution in [3.63, 3.8) is 0 Å². The Bertz CT molecular complexity index is 942. The minimum Gasteiger partial charge on any atom is -0.411 e. The van der Waals surface area contributed by atoms with Crippen LogP contribution in [0.3, 0.4) is 0 Å². The molecule has 6 nitrogen and oxygen atoms in total. The molecule has 1 N–H and O–H groups in total. The number of nitrogens with one attached hydrogen (secondary N) is 1. The SMILES string of the molecule is CCN(CC)Cc1cccc(NC(=O)CSc2nnc(-c3ccc(Cl)cc3)o2)c1. The number of hydrogen-bond acceptors (Lipinski definition) is 6. The molecule has 0 bridgehead atoms. The minimum atomic E-state index is -0.124. The molecule has 3 rings (SSSR count). The van der Waals surface area contributed by atoms with E-state index in [-0.39, 0.29) is 11.7 Å². The van der Waals surface area contributed by atoms with E-state index < -0.39 is 0 Å². The first kappa shape index (κ1) is 21.4. The van der Waals surface area contributed by atoms with Crippen LogP contribution < -0.4 is 5.32 Å². The van der Waals surface area contributed by atoms with Crippen LogP contribution in [0, 0.1) is 0 Å². The van der Waals surface area contributed by atoms with E-state index in [2.05, 4.69) is 40.3 Å². The zero-order valence-corrected chi connectivity index (χ0v) is 18.0. The van der Waals surface area contributed by atoms with Crippen molar-refractivity contribution in [2.24, 2.45) is 0 Å². The van der Waals surface area contributed by atoms with E-state index in [0.29, 0.717) is 16.1 Å². The maximum atomic E-state index is 12.3. The van der Waals surface area contributed by atoms with Gasteiger partial charge in [0.05, 0.1) is 5.75 Å². The highest BCUT2D eigenvalue weighted by atomic mass is 35.5. The van der Waals surface area contributed by atoms with Crippen molar-refractivity contribution in [1.82, 2.24) is 15.1 Å². The van der Waals surface area contributed by atoms with E-state index >= 15 is 0 Å². The van der Waals surface area contributed by atoms with Gasteiger partial charge in [0.1, 0.15) is 0 Å². The van der Waals surface area contributed by atoms with E-state index in [1.54, 1.807) is 12.1 Å². The molecule has 0 aliphatic carbocycles. The van der Waals surface area contributed by atoms with Gasteiger partial charge in [-0.1, -0.05) is 49.3 Å². The molecule has 0 aliphatic rings. The van der Waals surface area contributed by atoms with E-state index in [9.17, 15) is 4.79 Å². The van der Waals surface area contributed by atoms with Gasteiger partial charge in [0.15, 0.2) is 0 Å². The Kier molecular flexibility index (Phi) is 7.69. The summed E-state index contributed by atoms with van der Waals surface area (Å²) < 4.78 is 5.61. The Hall–Kier alpha value is -2.35. The quantitative estimate of drug-likeness (QED) is 0.483. The number of benzene rings is 2. The first-order chi connectivity index (χ1) is 14.1. The summed E-state index contributed by atoms with van der Waals surface area (Å²) in [5.41, 5.74) is 2.74. The van der Waals surface area contributed by atoms with Gasteiger partial charge in [0.2, 0.25) is 11.8 Å². The number of rotatable bonds is 9. The molecule has 1 aromatic heterocycles. The third-order valence-corrected chi connectivity index (χ3v) is 5.41. The molecule has 8 heteroatoms. The summed E-state index contributed by atoms with van der Waals surface area (Å²) in [6, 6.07) is 15.1. The van der Waals surface area contributed by atoms with Gasteiger partial charge in [-0.25, -0.2) is 0 Å². The maximum Gasteiger partial charge on any atom is 0.277 e. The van der Waals surface area contributed by atoms with Gasteiger partial charge in [-0.15, -0.1) is 10.2 Å². The fourth-order valence-corrected chi connectivity index (χ4v) is 3.44. The number of carbonyl (C=O) groups excluding carboxylic acids is 1. The normalized spacial score (nSPS) is 11.0. The van der Waals surface area contributed by atoms with Crippen molar-refractivity contribution in [1.29, 1.82) is 0 Å². The lowest BCUT2D eigenvalue weighted by Crippen LogP contribution is -2.22. The number of carbonyl (C=O) groups is 1. The Balaban J connectivity index is 1.53. The molecule has 3 aromatic rings. The number of aromatic nitrogens is 2. The van der Waals surface area contributed by atoms with Crippen LogP contribution in [0.2, 0.25) is 5.02 Å². The average Bonchev–Trinajstić information content (AvgIpc) is 3.20. The predicted octanol–water partition coefficient (Wildman–Crippen LogP) is 4.96. The van der Waals surface area contributed by atoms with Gasteiger partial charge in [0.25, 0.3) is 5.22 Å². The van der Waals surface area contributed by atoms with E-state index in [1.807, 2.05) is 30.3 Å². The monoisotopic (exact) mass is 430 g/mol. The molecular weight excluding hydrogens is 408 g/mol. The van der Waals surface area contributed by atoms with Crippen molar-refractivity contribution in [2.75, 3.05) is 24.2 Å². The number of anilines is 1. The lowest BCUT2D eigenvalue weighted by molar-refractivity contribution is -0.113. The van der Waals surface area contributed by atoms with Crippen LogP contribution >= 0.6 is 23.4 Å². The van der Waals surface area contributed by atoms with Gasteiger partial charge < -0.3 is 9.73 Å². The molecule has 0 saturated carbocycles. The largest absolute Gasteiger partial charge is 0.411 e. The van der Waals surface area contributed by atoms with Crippen LogP contribution in [0.25, 0.3) is 11.5 Å². The molecule has 1 heterocycles. The molecule has 0 radical (unpaired) electrons. The standard InChI is InChI=1S/C21H23ClN4O2S/c1-3-26(4-2)13-15-6-5-7-18(12-15)23-19(27)14-29-21-25-24-20(28-21)16-8-10-17(22)11-9-16/h5-12H,3-4,13-14H2,1-2H3,(H,23,27). The summed E-state index contributed by atoms with van der Waals surface area (Å²) in [6.07, 6.45) is 0. The molecular formula is C21H23ClN4O2S. The van der Waals surface area contributed by atoms with Crippen LogP contribution in [-0.2, 0) is 11.3 Å². The van der Waals surface area contributed by atoms with Crippen molar-refractivity contribution in [2.45, 2.75) is 25.6 Å². The molecule has 1 amide bonds. The minimum absolute atomic E-state index is 0.124. The molecule has 0 spiro atoms. The molecule has 152 valence electrons. The van der Waals surface area contributed by atoms with E-state index in [1.165, 1.54) is 17.3 Å². The zero-order chi connectivity index (χ0) is 20.6. The third kappa shape index (κ3) is 6.32. The molecule has 0 atom stereocenters. The second-order valence-corrected chi connectivity index (χ2v) is 7.74. The molecule has 0 saturated heterocycles. The number of amides is 1. The predicted molar refractivity (Wildman–Crippen MR) is 117 cm³/mol. The lowest BCUT2D eigenvalue weighted by Gasteiger charge is -2.18. The lowest BCUT2D eigenvalue weighted by atomic mass is 10.2. The van der Waals surface area contributed by atoms with Crippen molar-refractivity contribution in [3.8, 4) is 11.5 Å². The maximum absolute atomic E-state index is 12.3. The number of nitrogens with zero attached hydrogens (tertiary/aromatic N) is 3. The van der Waals surface area contributed by atoms with Gasteiger partial charge >= 0.3 is 0 Å². The van der Waals surface area contributed by atoms with Crippen molar-refractivity contribution >= 4 is 35.0 Å². The highest BCUT2D eigenvalue weighted by Gasteiger charge is 2.12. The summed E-state index contributed by atoms with van der Waals surface area (Å²) in [4.78, 5) is 14.6. The third-order valence-electron chi connectivity index (χ3n) is 4.34. The van der Waals surface area contributed by atoms with Crippen molar-refractivity contribution in [3.05, 3.63) is 59.1 Å². The van der Waals surface area contributed by atoms with Crippen molar-refractivity contribution < 1.29 is 9.21 Å². The van der Waals surface area contributed by atoms with Crippen LogP contribution in [-0.4, -0.2) is 39.8 Å². The summed E-state index contributed by atoms with van der Waals surface area (Å²) in [5.74, 6) is 0.456. The van der Waals surface area contributed by atoms with Crippen LogP contribution in [0.5, 0.6) is 0 Å². The zero-order valence-electron chi connectivity index (χ0n) is 16.4. The Morgan fingerprint density at radius 3 is 2.62 bits per heavy atom. The summed E-state index contributed by atoms with van der Waals surface area (Å²) in [5, 5.41) is 11.9. The molecule has 2 aromatic carbocycles. The number of hydrogen-bond donors (Lipinski definition) is 1. The van der Waals surface area contributed by atoms with E-state index in [4.69, 9.17) is 16.0 Å². The topological polar surface area (TPSA) is 71.3 Å².